The minimum Gasteiger partial charge on any atom is -0.404 e. The van der Waals surface area contributed by atoms with Gasteiger partial charge in [-0.1, -0.05) is 0 Å². The zero-order valence-electron chi connectivity index (χ0n) is 10.8. The van der Waals surface area contributed by atoms with Gasteiger partial charge in [0.1, 0.15) is 10.7 Å². The fourth-order valence-electron chi connectivity index (χ4n) is 1.44. The van der Waals surface area contributed by atoms with Gasteiger partial charge in [0.2, 0.25) is 0 Å². The molecular weight excluding hydrogens is 236 g/mol. The number of hydrogen-bond acceptors (Lipinski definition) is 5. The van der Waals surface area contributed by atoms with Crippen LogP contribution in [-0.4, -0.2) is 24.2 Å². The fraction of sp³-hybridized carbons (Fsp3) is 0.667. The van der Waals surface area contributed by atoms with Crippen molar-refractivity contribution in [2.75, 3.05) is 13.2 Å². The first-order valence-corrected chi connectivity index (χ1v) is 6.15. The Hall–Kier alpha value is -1.40. The predicted molar refractivity (Wildman–Crippen MR) is 67.4 cm³/mol. The van der Waals surface area contributed by atoms with E-state index in [4.69, 9.17) is 9.15 Å². The van der Waals surface area contributed by atoms with Crippen LogP contribution in [0.3, 0.4) is 0 Å². The van der Waals surface area contributed by atoms with E-state index in [-0.39, 0.29) is 12.0 Å². The second-order valence-electron chi connectivity index (χ2n) is 4.30. The summed E-state index contributed by atoms with van der Waals surface area (Å²) >= 11 is 0. The molecule has 18 heavy (non-hydrogen) atoms. The van der Waals surface area contributed by atoms with E-state index in [1.54, 1.807) is 6.07 Å². The number of unbranched alkanes of at least 4 members (excludes halogenated alkanes) is 1. The van der Waals surface area contributed by atoms with Crippen LogP contribution < -0.4 is 5.32 Å². The van der Waals surface area contributed by atoms with Gasteiger partial charge in [0.25, 0.3) is 0 Å². The molecule has 0 amide bonds. The number of ether oxygens (including phenoxy) is 1. The Morgan fingerprint density at radius 3 is 2.83 bits per heavy atom. The third kappa shape index (κ3) is 5.79. The van der Waals surface area contributed by atoms with Crippen molar-refractivity contribution in [2.45, 2.75) is 39.3 Å². The molecule has 1 heterocycles. The Bertz CT molecular complexity index is 363. The monoisotopic (exact) mass is 256 g/mol. The summed E-state index contributed by atoms with van der Waals surface area (Å²) in [5, 5.41) is 13.6. The van der Waals surface area contributed by atoms with Crippen molar-refractivity contribution in [2.24, 2.45) is 0 Å². The fourth-order valence-corrected chi connectivity index (χ4v) is 1.44. The molecule has 1 aromatic heterocycles. The van der Waals surface area contributed by atoms with Gasteiger partial charge in [-0.3, -0.25) is 10.1 Å². The standard InChI is InChI=1S/C12H20N2O4/c1-10(2)17-8-4-3-7-13-9-11-5-6-12(18-11)14(15)16/h5-6,10,13H,3-4,7-9H2,1-2H3. The van der Waals surface area contributed by atoms with E-state index >= 15 is 0 Å². The Labute approximate surface area is 106 Å². The lowest BCUT2D eigenvalue weighted by molar-refractivity contribution is -0.402. The summed E-state index contributed by atoms with van der Waals surface area (Å²) in [6, 6.07) is 2.99. The first-order valence-electron chi connectivity index (χ1n) is 6.15. The molecule has 0 fully saturated rings. The van der Waals surface area contributed by atoms with Crippen LogP contribution in [0.2, 0.25) is 0 Å². The highest BCUT2D eigenvalue weighted by Crippen LogP contribution is 2.15. The minimum absolute atomic E-state index is 0.211. The number of nitro groups is 1. The van der Waals surface area contributed by atoms with Gasteiger partial charge >= 0.3 is 5.88 Å². The smallest absolute Gasteiger partial charge is 0.404 e. The van der Waals surface area contributed by atoms with Crippen molar-refractivity contribution in [3.05, 3.63) is 28.0 Å². The largest absolute Gasteiger partial charge is 0.433 e. The molecule has 1 N–H and O–H groups in total. The molecule has 6 nitrogen and oxygen atoms in total. The van der Waals surface area contributed by atoms with Crippen molar-refractivity contribution < 1.29 is 14.1 Å². The highest BCUT2D eigenvalue weighted by molar-refractivity contribution is 5.17. The van der Waals surface area contributed by atoms with Gasteiger partial charge in [-0.2, -0.15) is 0 Å². The zero-order chi connectivity index (χ0) is 13.4. The average molecular weight is 256 g/mol. The van der Waals surface area contributed by atoms with E-state index < -0.39 is 4.92 Å². The molecule has 6 heteroatoms. The Morgan fingerprint density at radius 2 is 2.22 bits per heavy atom. The lowest BCUT2D eigenvalue weighted by atomic mass is 10.3. The molecule has 0 saturated heterocycles. The number of rotatable bonds is 9. The average Bonchev–Trinajstić information content (AvgIpc) is 2.76. The molecule has 102 valence electrons. The Balaban J connectivity index is 2.05. The second kappa shape index (κ2) is 7.84. The molecule has 0 aliphatic carbocycles. The SMILES string of the molecule is CC(C)OCCCCNCc1ccc([N+](=O)[O-])o1. The van der Waals surface area contributed by atoms with Crippen molar-refractivity contribution in [3.63, 3.8) is 0 Å². The number of furan rings is 1. The number of nitrogens with zero attached hydrogens (tertiary/aromatic N) is 1. The zero-order valence-corrected chi connectivity index (χ0v) is 10.8. The van der Waals surface area contributed by atoms with E-state index in [9.17, 15) is 10.1 Å². The molecule has 0 radical (unpaired) electrons. The van der Waals surface area contributed by atoms with Gasteiger partial charge in [0, 0.05) is 6.61 Å². The van der Waals surface area contributed by atoms with Crippen LogP contribution in [0, 0.1) is 10.1 Å². The van der Waals surface area contributed by atoms with Crippen LogP contribution >= 0.6 is 0 Å². The summed E-state index contributed by atoms with van der Waals surface area (Å²) in [6.07, 6.45) is 2.29. The van der Waals surface area contributed by atoms with Crippen molar-refractivity contribution in [1.82, 2.24) is 5.32 Å². The Kier molecular flexibility index (Phi) is 6.38. The highest BCUT2D eigenvalue weighted by Gasteiger charge is 2.10. The highest BCUT2D eigenvalue weighted by atomic mass is 16.6. The van der Waals surface area contributed by atoms with E-state index in [0.29, 0.717) is 12.3 Å². The van der Waals surface area contributed by atoms with Gasteiger partial charge in [0.15, 0.2) is 0 Å². The summed E-state index contributed by atoms with van der Waals surface area (Å²) in [5.41, 5.74) is 0. The van der Waals surface area contributed by atoms with E-state index in [1.165, 1.54) is 6.07 Å². The van der Waals surface area contributed by atoms with Gasteiger partial charge in [0.05, 0.1) is 18.7 Å². The molecule has 0 aromatic carbocycles. The van der Waals surface area contributed by atoms with Gasteiger partial charge < -0.3 is 14.5 Å². The molecular formula is C12H20N2O4. The van der Waals surface area contributed by atoms with E-state index in [0.717, 1.165) is 26.0 Å². The predicted octanol–water partition coefficient (Wildman–Crippen LogP) is 2.48. The normalized spacial score (nSPS) is 11.1. The summed E-state index contributed by atoms with van der Waals surface area (Å²) < 4.78 is 10.4. The van der Waals surface area contributed by atoms with Gasteiger partial charge in [-0.15, -0.1) is 0 Å². The van der Waals surface area contributed by atoms with Gasteiger partial charge in [-0.05, 0) is 39.3 Å². The quantitative estimate of drug-likeness (QED) is 0.417. The van der Waals surface area contributed by atoms with Crippen LogP contribution in [0.25, 0.3) is 0 Å². The van der Waals surface area contributed by atoms with Crippen LogP contribution in [0.15, 0.2) is 16.5 Å². The molecule has 0 spiro atoms. The molecule has 0 unspecified atom stereocenters. The minimum atomic E-state index is -0.535. The van der Waals surface area contributed by atoms with Crippen LogP contribution in [0.1, 0.15) is 32.4 Å². The second-order valence-corrected chi connectivity index (χ2v) is 4.30. The maximum atomic E-state index is 10.4. The summed E-state index contributed by atoms with van der Waals surface area (Å²) in [4.78, 5) is 9.86. The lowest BCUT2D eigenvalue weighted by Gasteiger charge is -2.07. The van der Waals surface area contributed by atoms with Crippen LogP contribution in [0.4, 0.5) is 5.88 Å². The maximum Gasteiger partial charge on any atom is 0.433 e. The molecule has 0 saturated carbocycles. The Morgan fingerprint density at radius 1 is 1.44 bits per heavy atom. The van der Waals surface area contributed by atoms with E-state index in [2.05, 4.69) is 5.32 Å². The summed E-state index contributed by atoms with van der Waals surface area (Å²) in [7, 11) is 0. The third-order valence-corrected chi connectivity index (χ3v) is 2.33. The van der Waals surface area contributed by atoms with Crippen LogP contribution in [-0.2, 0) is 11.3 Å². The molecule has 0 aliphatic rings. The molecule has 1 rings (SSSR count). The number of nitrogens with one attached hydrogen (secondary N) is 1. The van der Waals surface area contributed by atoms with Crippen LogP contribution in [0.5, 0.6) is 0 Å². The lowest BCUT2D eigenvalue weighted by Crippen LogP contribution is -2.15. The summed E-state index contributed by atoms with van der Waals surface area (Å²) in [5.74, 6) is 0.372. The first-order chi connectivity index (χ1) is 8.59. The van der Waals surface area contributed by atoms with Crippen molar-refractivity contribution in [1.29, 1.82) is 0 Å². The third-order valence-electron chi connectivity index (χ3n) is 2.33. The topological polar surface area (TPSA) is 77.5 Å². The maximum absolute atomic E-state index is 10.4. The molecule has 1 aromatic rings. The first kappa shape index (κ1) is 14.7. The molecule has 0 bridgehead atoms. The van der Waals surface area contributed by atoms with Gasteiger partial charge in [-0.25, -0.2) is 0 Å². The van der Waals surface area contributed by atoms with Crippen molar-refractivity contribution in [3.8, 4) is 0 Å². The number of hydrogen-bond donors (Lipinski definition) is 1. The molecule has 0 atom stereocenters. The van der Waals surface area contributed by atoms with E-state index in [1.807, 2.05) is 13.8 Å². The summed E-state index contributed by atoms with van der Waals surface area (Å²) in [6.45, 7) is 6.16. The van der Waals surface area contributed by atoms with Crippen molar-refractivity contribution >= 4 is 5.88 Å². The molecule has 0 aliphatic heterocycles.